The Morgan fingerprint density at radius 2 is 1.63 bits per heavy atom. The van der Waals surface area contributed by atoms with Crippen molar-refractivity contribution in [2.24, 2.45) is 5.10 Å². The molecule has 7 nitrogen and oxygen atoms in total. The molecule has 1 fully saturated rings. The van der Waals surface area contributed by atoms with Gasteiger partial charge in [0.15, 0.2) is 0 Å². The average Bonchev–Trinajstić information content (AvgIpc) is 2.73. The highest BCUT2D eigenvalue weighted by molar-refractivity contribution is 7.89. The first-order valence-corrected chi connectivity index (χ1v) is 10.2. The molecular formula is C19H23N4O3S+. The van der Waals surface area contributed by atoms with E-state index in [1.165, 1.54) is 4.31 Å². The maximum absolute atomic E-state index is 12.7. The van der Waals surface area contributed by atoms with Gasteiger partial charge in [-0.1, -0.05) is 30.3 Å². The van der Waals surface area contributed by atoms with Gasteiger partial charge in [0.25, 0.3) is 5.91 Å². The number of nitrogens with one attached hydrogen (secondary N) is 1. The van der Waals surface area contributed by atoms with Crippen LogP contribution in [0.5, 0.6) is 0 Å². The summed E-state index contributed by atoms with van der Waals surface area (Å²) in [6.07, 6.45) is 0. The minimum atomic E-state index is -3.46. The summed E-state index contributed by atoms with van der Waals surface area (Å²) in [7, 11) is -3.46. The highest BCUT2D eigenvalue weighted by Crippen LogP contribution is 2.16. The van der Waals surface area contributed by atoms with Crippen molar-refractivity contribution >= 4 is 21.6 Å². The van der Waals surface area contributed by atoms with E-state index >= 15 is 0 Å². The van der Waals surface area contributed by atoms with Crippen LogP contribution in [0.3, 0.4) is 0 Å². The van der Waals surface area contributed by atoms with Crippen LogP contribution >= 0.6 is 0 Å². The van der Waals surface area contributed by atoms with Crippen molar-refractivity contribution in [2.45, 2.75) is 11.8 Å². The van der Waals surface area contributed by atoms with E-state index in [1.54, 1.807) is 55.5 Å². The van der Waals surface area contributed by atoms with Crippen molar-refractivity contribution in [1.29, 1.82) is 0 Å². The lowest BCUT2D eigenvalue weighted by molar-refractivity contribution is -0.661. The normalized spacial score (nSPS) is 16.1. The molecule has 0 atom stereocenters. The fraction of sp³-hybridized carbons (Fsp3) is 0.263. The Labute approximate surface area is 159 Å². The number of quaternary nitrogens is 1. The average molecular weight is 387 g/mol. The lowest BCUT2D eigenvalue weighted by Crippen LogP contribution is -2.89. The maximum Gasteiger partial charge on any atom is 0.271 e. The Bertz CT molecular complexity index is 919. The van der Waals surface area contributed by atoms with Crippen molar-refractivity contribution in [3.8, 4) is 0 Å². The number of hydrogen-bond acceptors (Lipinski definition) is 4. The predicted octanol–water partition coefficient (Wildman–Crippen LogP) is 0.408. The third-order valence-electron chi connectivity index (χ3n) is 4.44. The maximum atomic E-state index is 12.7. The first-order valence-electron chi connectivity index (χ1n) is 8.80. The van der Waals surface area contributed by atoms with Gasteiger partial charge in [0.2, 0.25) is 10.0 Å². The number of benzene rings is 2. The molecule has 0 bridgehead atoms. The highest BCUT2D eigenvalue weighted by atomic mass is 32.2. The van der Waals surface area contributed by atoms with E-state index in [0.717, 1.165) is 18.7 Å². The Morgan fingerprint density at radius 3 is 2.26 bits per heavy atom. The van der Waals surface area contributed by atoms with Gasteiger partial charge in [-0.05, 0) is 36.8 Å². The fourth-order valence-electron chi connectivity index (χ4n) is 2.84. The largest absolute Gasteiger partial charge is 0.344 e. The van der Waals surface area contributed by atoms with Crippen LogP contribution in [-0.4, -0.2) is 50.5 Å². The summed E-state index contributed by atoms with van der Waals surface area (Å²) in [4.78, 5) is 12.3. The zero-order chi connectivity index (χ0) is 19.3. The van der Waals surface area contributed by atoms with Crippen molar-refractivity contribution < 1.29 is 18.5 Å². The number of carbonyl (C=O) groups is 1. The number of carbonyl (C=O) groups excluding carboxylic acids is 1. The number of sulfonamides is 1. The highest BCUT2D eigenvalue weighted by Gasteiger charge is 2.27. The van der Waals surface area contributed by atoms with Gasteiger partial charge in [0.1, 0.15) is 0 Å². The van der Waals surface area contributed by atoms with Crippen LogP contribution in [-0.2, 0) is 10.0 Å². The lowest BCUT2D eigenvalue weighted by Gasteiger charge is -2.24. The Kier molecular flexibility index (Phi) is 6.00. The number of rotatable bonds is 5. The summed E-state index contributed by atoms with van der Waals surface area (Å²) in [5.74, 6) is -0.295. The summed E-state index contributed by atoms with van der Waals surface area (Å²) in [5, 5.41) is 6.22. The molecule has 142 valence electrons. The quantitative estimate of drug-likeness (QED) is 0.575. The molecular weight excluding hydrogens is 364 g/mol. The molecule has 0 radical (unpaired) electrons. The van der Waals surface area contributed by atoms with E-state index < -0.39 is 10.0 Å². The first kappa shape index (κ1) is 19.2. The van der Waals surface area contributed by atoms with Gasteiger partial charge in [-0.2, -0.15) is 9.41 Å². The number of hydrogen-bond donors (Lipinski definition) is 2. The molecule has 0 aromatic heterocycles. The third kappa shape index (κ3) is 4.60. The number of piperazine rings is 1. The molecule has 0 aliphatic carbocycles. The summed E-state index contributed by atoms with van der Waals surface area (Å²) in [6, 6.07) is 15.4. The van der Waals surface area contributed by atoms with E-state index in [-0.39, 0.29) is 10.8 Å². The van der Waals surface area contributed by atoms with Crippen molar-refractivity contribution in [1.82, 2.24) is 9.73 Å². The lowest BCUT2D eigenvalue weighted by atomic mass is 10.1. The SMILES string of the molecule is C/C(=N/NC(=O)c1ccccc1)c1ccc(S(=O)(=O)N2CC[NH2+]CC2)cc1. The second kappa shape index (κ2) is 8.43. The molecule has 1 aliphatic rings. The predicted molar refractivity (Wildman–Crippen MR) is 103 cm³/mol. The van der Waals surface area contributed by atoms with Gasteiger partial charge < -0.3 is 5.32 Å². The van der Waals surface area contributed by atoms with E-state index in [4.69, 9.17) is 0 Å². The Hall–Kier alpha value is -2.55. The molecule has 3 N–H and O–H groups in total. The van der Waals surface area contributed by atoms with Crippen LogP contribution < -0.4 is 10.7 Å². The molecule has 1 saturated heterocycles. The number of hydrazone groups is 1. The van der Waals surface area contributed by atoms with Crippen LogP contribution in [0, 0.1) is 0 Å². The number of nitrogens with two attached hydrogens (primary N) is 1. The second-order valence-corrected chi connectivity index (χ2v) is 8.24. The van der Waals surface area contributed by atoms with Crippen LogP contribution in [0.25, 0.3) is 0 Å². The zero-order valence-corrected chi connectivity index (χ0v) is 15.9. The molecule has 0 spiro atoms. The van der Waals surface area contributed by atoms with E-state index in [0.29, 0.717) is 24.4 Å². The minimum Gasteiger partial charge on any atom is -0.344 e. The minimum absolute atomic E-state index is 0.272. The van der Waals surface area contributed by atoms with E-state index in [9.17, 15) is 13.2 Å². The number of nitrogens with zero attached hydrogens (tertiary/aromatic N) is 2. The topological polar surface area (TPSA) is 95.4 Å². The first-order chi connectivity index (χ1) is 13.0. The molecule has 2 aromatic rings. The molecule has 3 rings (SSSR count). The van der Waals surface area contributed by atoms with Crippen molar-refractivity contribution in [3.63, 3.8) is 0 Å². The molecule has 0 unspecified atom stereocenters. The third-order valence-corrected chi connectivity index (χ3v) is 6.35. The van der Waals surface area contributed by atoms with Gasteiger partial charge >= 0.3 is 0 Å². The number of amides is 1. The van der Waals surface area contributed by atoms with Crippen LogP contribution in [0.1, 0.15) is 22.8 Å². The van der Waals surface area contributed by atoms with Gasteiger partial charge in [-0.15, -0.1) is 0 Å². The molecule has 1 heterocycles. The summed E-state index contributed by atoms with van der Waals surface area (Å²) in [6.45, 7) is 4.37. The van der Waals surface area contributed by atoms with E-state index in [2.05, 4.69) is 15.8 Å². The van der Waals surface area contributed by atoms with Crippen LogP contribution in [0.15, 0.2) is 64.6 Å². The Morgan fingerprint density at radius 1 is 1.00 bits per heavy atom. The Balaban J connectivity index is 1.70. The molecule has 27 heavy (non-hydrogen) atoms. The summed E-state index contributed by atoms with van der Waals surface area (Å²) in [5.41, 5.74) is 4.37. The summed E-state index contributed by atoms with van der Waals surface area (Å²) >= 11 is 0. The van der Waals surface area contributed by atoms with E-state index in [1.807, 2.05) is 6.07 Å². The molecule has 1 aliphatic heterocycles. The van der Waals surface area contributed by atoms with Crippen molar-refractivity contribution in [2.75, 3.05) is 26.2 Å². The molecule has 2 aromatic carbocycles. The second-order valence-electron chi connectivity index (χ2n) is 6.30. The van der Waals surface area contributed by atoms with Crippen LogP contribution in [0.2, 0.25) is 0 Å². The van der Waals surface area contributed by atoms with Gasteiger partial charge in [0.05, 0.1) is 36.8 Å². The zero-order valence-electron chi connectivity index (χ0n) is 15.1. The monoisotopic (exact) mass is 387 g/mol. The van der Waals surface area contributed by atoms with Gasteiger partial charge in [0, 0.05) is 5.56 Å². The molecule has 0 saturated carbocycles. The van der Waals surface area contributed by atoms with Crippen LogP contribution in [0.4, 0.5) is 0 Å². The standard InChI is InChI=1S/C19H22N4O3S/c1-15(21-22-19(24)17-5-3-2-4-6-17)16-7-9-18(10-8-16)27(25,26)23-13-11-20-12-14-23/h2-10,20H,11-14H2,1H3,(H,22,24)/p+1/b21-15-. The van der Waals surface area contributed by atoms with Gasteiger partial charge in [-0.3, -0.25) is 4.79 Å². The fourth-order valence-corrected chi connectivity index (χ4v) is 4.31. The smallest absolute Gasteiger partial charge is 0.271 e. The molecule has 8 heteroatoms. The van der Waals surface area contributed by atoms with Crippen molar-refractivity contribution in [3.05, 3.63) is 65.7 Å². The molecule has 1 amide bonds. The summed E-state index contributed by atoms with van der Waals surface area (Å²) < 4.78 is 26.8. The van der Waals surface area contributed by atoms with Gasteiger partial charge in [-0.25, -0.2) is 13.8 Å².